The molecule has 1 amide bonds. The monoisotopic (exact) mass is 453 g/mol. The van der Waals surface area contributed by atoms with Crippen LogP contribution >= 0.6 is 11.6 Å². The number of carbonyl (C=O) groups excluding carboxylic acids is 1. The number of nitro groups is 1. The van der Waals surface area contributed by atoms with Crippen molar-refractivity contribution in [2.75, 3.05) is 38.2 Å². The average Bonchev–Trinajstić information content (AvgIpc) is 2.84. The summed E-state index contributed by atoms with van der Waals surface area (Å²) in [6.07, 6.45) is 0. The molecule has 0 saturated carbocycles. The van der Waals surface area contributed by atoms with Crippen LogP contribution in [0.4, 0.5) is 11.5 Å². The van der Waals surface area contributed by atoms with Crippen molar-refractivity contribution in [2.24, 2.45) is 0 Å². The van der Waals surface area contributed by atoms with E-state index in [0.717, 1.165) is 22.8 Å². The highest BCUT2D eigenvalue weighted by Crippen LogP contribution is 2.26. The number of hydrogen-bond donors (Lipinski definition) is 0. The number of benzene rings is 2. The highest BCUT2D eigenvalue weighted by Gasteiger charge is 2.25. The highest BCUT2D eigenvalue weighted by molar-refractivity contribution is 6.32. The lowest BCUT2D eigenvalue weighted by Gasteiger charge is -2.35. The maximum atomic E-state index is 12.8. The molecular formula is C22H20ClN5O4. The van der Waals surface area contributed by atoms with Crippen molar-refractivity contribution in [3.63, 3.8) is 0 Å². The van der Waals surface area contributed by atoms with Crippen molar-refractivity contribution in [1.82, 2.24) is 15.1 Å². The maximum absolute atomic E-state index is 12.8. The molecular weight excluding hydrogens is 434 g/mol. The van der Waals surface area contributed by atoms with Crippen LogP contribution in [0.2, 0.25) is 5.02 Å². The van der Waals surface area contributed by atoms with E-state index in [9.17, 15) is 14.9 Å². The molecule has 1 aliphatic rings. The number of nitrogens with zero attached hydrogens (tertiary/aromatic N) is 5. The first-order valence-electron chi connectivity index (χ1n) is 9.92. The minimum absolute atomic E-state index is 0.00679. The van der Waals surface area contributed by atoms with Crippen LogP contribution in [0, 0.1) is 10.1 Å². The zero-order valence-corrected chi connectivity index (χ0v) is 18.0. The van der Waals surface area contributed by atoms with Crippen LogP contribution < -0.4 is 9.64 Å². The summed E-state index contributed by atoms with van der Waals surface area (Å²) in [5.74, 6) is 1.22. The lowest BCUT2D eigenvalue weighted by atomic mass is 10.1. The van der Waals surface area contributed by atoms with Gasteiger partial charge in [-0.3, -0.25) is 14.9 Å². The van der Waals surface area contributed by atoms with E-state index in [1.807, 2.05) is 36.4 Å². The van der Waals surface area contributed by atoms with Crippen molar-refractivity contribution < 1.29 is 14.5 Å². The van der Waals surface area contributed by atoms with Gasteiger partial charge >= 0.3 is 0 Å². The Balaban J connectivity index is 1.41. The van der Waals surface area contributed by atoms with Gasteiger partial charge in [0.25, 0.3) is 11.6 Å². The normalized spacial score (nSPS) is 13.7. The molecule has 1 aliphatic heterocycles. The van der Waals surface area contributed by atoms with Crippen LogP contribution in [0.1, 0.15) is 10.4 Å². The van der Waals surface area contributed by atoms with Crippen LogP contribution in [0.3, 0.4) is 0 Å². The minimum atomic E-state index is -0.592. The molecule has 1 saturated heterocycles. The number of hydrogen-bond acceptors (Lipinski definition) is 7. The molecule has 10 heteroatoms. The zero-order chi connectivity index (χ0) is 22.7. The summed E-state index contributed by atoms with van der Waals surface area (Å²) in [4.78, 5) is 27.0. The fourth-order valence-electron chi connectivity index (χ4n) is 3.54. The van der Waals surface area contributed by atoms with Crippen molar-refractivity contribution in [3.8, 4) is 17.0 Å². The van der Waals surface area contributed by atoms with Crippen LogP contribution in [-0.2, 0) is 0 Å². The summed E-state index contributed by atoms with van der Waals surface area (Å²) in [5, 5.41) is 19.8. The van der Waals surface area contributed by atoms with Gasteiger partial charge in [0, 0.05) is 43.4 Å². The molecule has 0 aliphatic carbocycles. The predicted molar refractivity (Wildman–Crippen MR) is 120 cm³/mol. The van der Waals surface area contributed by atoms with E-state index in [4.69, 9.17) is 16.3 Å². The first kappa shape index (κ1) is 21.5. The number of amides is 1. The van der Waals surface area contributed by atoms with Crippen molar-refractivity contribution in [1.29, 1.82) is 0 Å². The molecule has 0 bridgehead atoms. The summed E-state index contributed by atoms with van der Waals surface area (Å²) in [5.41, 5.74) is 1.63. The summed E-state index contributed by atoms with van der Waals surface area (Å²) < 4.78 is 5.25. The van der Waals surface area contributed by atoms with E-state index in [1.54, 1.807) is 12.0 Å². The second-order valence-electron chi connectivity index (χ2n) is 7.21. The Labute approximate surface area is 189 Å². The molecule has 0 unspecified atom stereocenters. The molecule has 1 fully saturated rings. The number of ether oxygens (including phenoxy) is 1. The number of aromatic nitrogens is 2. The van der Waals surface area contributed by atoms with Crippen LogP contribution in [0.15, 0.2) is 54.6 Å². The van der Waals surface area contributed by atoms with Gasteiger partial charge in [0.2, 0.25) is 0 Å². The highest BCUT2D eigenvalue weighted by atomic mass is 35.5. The average molecular weight is 454 g/mol. The SMILES string of the molecule is COc1cccc(-c2ccc(N3CCN(C(=O)c4ccc(Cl)c([N+](=O)[O-])c4)CC3)nn2)c1. The maximum Gasteiger partial charge on any atom is 0.288 e. The Bertz CT molecular complexity index is 1150. The third kappa shape index (κ3) is 4.47. The minimum Gasteiger partial charge on any atom is -0.497 e. The van der Waals surface area contributed by atoms with Crippen molar-refractivity contribution in [2.45, 2.75) is 0 Å². The largest absolute Gasteiger partial charge is 0.497 e. The van der Waals surface area contributed by atoms with Gasteiger partial charge in [-0.1, -0.05) is 23.7 Å². The van der Waals surface area contributed by atoms with Crippen LogP contribution in [0.25, 0.3) is 11.3 Å². The number of piperazine rings is 1. The molecule has 0 atom stereocenters. The van der Waals surface area contributed by atoms with Gasteiger partial charge in [-0.15, -0.1) is 10.2 Å². The van der Waals surface area contributed by atoms with Crippen molar-refractivity contribution in [3.05, 3.63) is 75.3 Å². The summed E-state index contributed by atoms with van der Waals surface area (Å²) in [6.45, 7) is 2.09. The van der Waals surface area contributed by atoms with Gasteiger partial charge in [-0.25, -0.2) is 0 Å². The molecule has 0 radical (unpaired) electrons. The number of nitro benzene ring substituents is 1. The Morgan fingerprint density at radius 3 is 2.50 bits per heavy atom. The molecule has 0 N–H and O–H groups in total. The van der Waals surface area contributed by atoms with E-state index < -0.39 is 4.92 Å². The van der Waals surface area contributed by atoms with E-state index in [-0.39, 0.29) is 22.2 Å². The summed E-state index contributed by atoms with van der Waals surface area (Å²) in [6, 6.07) is 15.5. The van der Waals surface area contributed by atoms with Gasteiger partial charge in [-0.2, -0.15) is 0 Å². The molecule has 164 valence electrons. The third-order valence-corrected chi connectivity index (χ3v) is 5.62. The molecule has 2 aromatic carbocycles. The lowest BCUT2D eigenvalue weighted by molar-refractivity contribution is -0.384. The Morgan fingerprint density at radius 1 is 1.06 bits per heavy atom. The third-order valence-electron chi connectivity index (χ3n) is 5.30. The van der Waals surface area contributed by atoms with Gasteiger partial charge in [0.05, 0.1) is 17.7 Å². The molecule has 0 spiro atoms. The van der Waals surface area contributed by atoms with E-state index in [2.05, 4.69) is 15.1 Å². The second kappa shape index (κ2) is 9.19. The first-order chi connectivity index (χ1) is 15.5. The Hall–Kier alpha value is -3.72. The number of carbonyl (C=O) groups is 1. The molecule has 1 aromatic heterocycles. The van der Waals surface area contributed by atoms with Gasteiger partial charge in [0.1, 0.15) is 10.8 Å². The summed E-state index contributed by atoms with van der Waals surface area (Å²) in [7, 11) is 1.62. The van der Waals surface area contributed by atoms with E-state index in [0.29, 0.717) is 26.2 Å². The Kier molecular flexibility index (Phi) is 6.18. The molecule has 2 heterocycles. The Morgan fingerprint density at radius 2 is 1.84 bits per heavy atom. The standard InChI is InChI=1S/C22H20ClN5O4/c1-32-17-4-2-3-15(13-17)19-7-8-21(25-24-19)26-9-11-27(12-10-26)22(29)16-5-6-18(23)20(14-16)28(30)31/h2-8,13-14H,9-12H2,1H3. The summed E-state index contributed by atoms with van der Waals surface area (Å²) >= 11 is 5.84. The van der Waals surface area contributed by atoms with Gasteiger partial charge in [-0.05, 0) is 36.4 Å². The molecule has 3 aromatic rings. The smallest absolute Gasteiger partial charge is 0.288 e. The fourth-order valence-corrected chi connectivity index (χ4v) is 3.72. The number of methoxy groups -OCH3 is 1. The number of halogens is 1. The number of anilines is 1. The first-order valence-corrected chi connectivity index (χ1v) is 10.3. The fraction of sp³-hybridized carbons (Fsp3) is 0.227. The molecule has 4 rings (SSSR count). The quantitative estimate of drug-likeness (QED) is 0.429. The van der Waals surface area contributed by atoms with Gasteiger partial charge in [0.15, 0.2) is 5.82 Å². The van der Waals surface area contributed by atoms with Gasteiger partial charge < -0.3 is 14.5 Å². The van der Waals surface area contributed by atoms with Crippen LogP contribution in [-0.4, -0.2) is 59.2 Å². The predicted octanol–water partition coefficient (Wildman–Crippen LogP) is 3.68. The van der Waals surface area contributed by atoms with E-state index >= 15 is 0 Å². The molecule has 32 heavy (non-hydrogen) atoms. The zero-order valence-electron chi connectivity index (χ0n) is 17.3. The molecule has 9 nitrogen and oxygen atoms in total. The topological polar surface area (TPSA) is 102 Å². The second-order valence-corrected chi connectivity index (χ2v) is 7.62. The van der Waals surface area contributed by atoms with E-state index in [1.165, 1.54) is 18.2 Å². The lowest BCUT2D eigenvalue weighted by Crippen LogP contribution is -2.49. The van der Waals surface area contributed by atoms with Crippen LogP contribution in [0.5, 0.6) is 5.75 Å². The van der Waals surface area contributed by atoms with Crippen molar-refractivity contribution >= 4 is 29.0 Å². The number of rotatable bonds is 5.